The number of benzene rings is 2. The molecule has 39 heavy (non-hydrogen) atoms. The largest absolute Gasteiger partial charge is 0.463 e. The van der Waals surface area contributed by atoms with Crippen molar-refractivity contribution < 1.29 is 18.9 Å². The van der Waals surface area contributed by atoms with Crippen LogP contribution < -0.4 is 5.32 Å². The van der Waals surface area contributed by atoms with Crippen LogP contribution in [0.5, 0.6) is 0 Å². The second kappa shape index (κ2) is 10.7. The summed E-state index contributed by atoms with van der Waals surface area (Å²) in [7, 11) is 0. The molecule has 1 atom stereocenters. The molecule has 4 aromatic rings. The molecule has 1 unspecified atom stereocenters. The first kappa shape index (κ1) is 26.6. The lowest BCUT2D eigenvalue weighted by atomic mass is 10.1. The summed E-state index contributed by atoms with van der Waals surface area (Å²) < 4.78 is 14.3. The number of nitrogens with one attached hydrogen (secondary N) is 1. The highest BCUT2D eigenvalue weighted by Gasteiger charge is 2.36. The summed E-state index contributed by atoms with van der Waals surface area (Å²) >= 11 is 3.45. The summed E-state index contributed by atoms with van der Waals surface area (Å²) in [6, 6.07) is 16.4. The van der Waals surface area contributed by atoms with Crippen LogP contribution in [0.15, 0.2) is 75.9 Å². The SMILES string of the molecule is CC(C)(C)Nc1ccc(CCN2C(=O)COC2c2cn(-c3ccc(Br)cc3)nc2-c2ccco2)cc1[N+](=O)[O-]. The zero-order valence-corrected chi connectivity index (χ0v) is 23.3. The Hall–Kier alpha value is -3.96. The van der Waals surface area contributed by atoms with Crippen LogP contribution in [0.25, 0.3) is 17.1 Å². The Morgan fingerprint density at radius 3 is 2.62 bits per heavy atom. The van der Waals surface area contributed by atoms with Gasteiger partial charge in [0.25, 0.3) is 11.6 Å². The Labute approximate surface area is 233 Å². The van der Waals surface area contributed by atoms with E-state index in [1.165, 1.54) is 0 Å². The number of aromatic nitrogens is 2. The number of nitro benzene ring substituents is 1. The predicted octanol–water partition coefficient (Wildman–Crippen LogP) is 6.11. The fraction of sp³-hybridized carbons (Fsp3) is 0.286. The van der Waals surface area contributed by atoms with Crippen molar-refractivity contribution in [2.75, 3.05) is 18.5 Å². The number of amides is 1. The van der Waals surface area contributed by atoms with E-state index in [2.05, 4.69) is 21.2 Å². The molecule has 1 fully saturated rings. The molecule has 2 aromatic carbocycles. The maximum atomic E-state index is 12.9. The fourth-order valence-electron chi connectivity index (χ4n) is 4.50. The number of furan rings is 1. The molecule has 1 amide bonds. The zero-order valence-electron chi connectivity index (χ0n) is 21.8. The molecule has 3 heterocycles. The van der Waals surface area contributed by atoms with Crippen LogP contribution in [0.1, 0.15) is 38.1 Å². The van der Waals surface area contributed by atoms with Gasteiger partial charge >= 0.3 is 0 Å². The molecule has 11 heteroatoms. The standard InChI is InChI=1S/C28H28BrN5O5/c1-28(2,3)30-22-11-6-18(15-23(22)34(36)37)12-13-32-25(35)17-39-27(32)21-16-33(20-9-7-19(29)8-10-20)31-26(21)24-5-4-14-38-24/h4-11,14-16,27,30H,12-13,17H2,1-3H3. The average Bonchev–Trinajstić information content (AvgIpc) is 3.63. The lowest BCUT2D eigenvalue weighted by molar-refractivity contribution is -0.384. The van der Waals surface area contributed by atoms with Crippen molar-refractivity contribution in [3.63, 3.8) is 0 Å². The first-order valence-electron chi connectivity index (χ1n) is 12.4. The number of halogens is 1. The molecule has 1 N–H and O–H groups in total. The Balaban J connectivity index is 1.42. The van der Waals surface area contributed by atoms with Gasteiger partial charge in [-0.3, -0.25) is 14.9 Å². The minimum Gasteiger partial charge on any atom is -0.463 e. The number of carbonyl (C=O) groups is 1. The van der Waals surface area contributed by atoms with Gasteiger partial charge in [0.05, 0.1) is 22.4 Å². The van der Waals surface area contributed by atoms with Crippen molar-refractivity contribution in [2.24, 2.45) is 0 Å². The topological polar surface area (TPSA) is 116 Å². The van der Waals surface area contributed by atoms with Gasteiger partial charge in [0.15, 0.2) is 12.0 Å². The Bertz CT molecular complexity index is 1490. The van der Waals surface area contributed by atoms with E-state index >= 15 is 0 Å². The second-order valence-corrected chi connectivity index (χ2v) is 11.2. The molecule has 0 radical (unpaired) electrons. The molecule has 1 aliphatic heterocycles. The number of hydrogen-bond acceptors (Lipinski definition) is 7. The third-order valence-corrected chi connectivity index (χ3v) is 6.76. The van der Waals surface area contributed by atoms with E-state index in [0.29, 0.717) is 35.7 Å². The number of anilines is 1. The lowest BCUT2D eigenvalue weighted by Gasteiger charge is -2.24. The van der Waals surface area contributed by atoms with Crippen molar-refractivity contribution in [1.29, 1.82) is 0 Å². The zero-order chi connectivity index (χ0) is 27.7. The van der Waals surface area contributed by atoms with Gasteiger partial charge in [-0.2, -0.15) is 5.10 Å². The summed E-state index contributed by atoms with van der Waals surface area (Å²) in [6.45, 7) is 6.08. The smallest absolute Gasteiger partial charge is 0.292 e. The van der Waals surface area contributed by atoms with Crippen LogP contribution in [0.2, 0.25) is 0 Å². The van der Waals surface area contributed by atoms with Crippen molar-refractivity contribution >= 4 is 33.2 Å². The molecule has 0 bridgehead atoms. The molecular formula is C28H28BrN5O5. The van der Waals surface area contributed by atoms with Gasteiger partial charge in [-0.1, -0.05) is 22.0 Å². The van der Waals surface area contributed by atoms with Crippen LogP contribution in [0, 0.1) is 10.1 Å². The van der Waals surface area contributed by atoms with Crippen LogP contribution in [0.3, 0.4) is 0 Å². The summed E-state index contributed by atoms with van der Waals surface area (Å²) in [5, 5.41) is 19.7. The van der Waals surface area contributed by atoms with Crippen LogP contribution in [0.4, 0.5) is 11.4 Å². The number of rotatable bonds is 8. The van der Waals surface area contributed by atoms with Gasteiger partial charge in [-0.05, 0) is 75.2 Å². The Kier molecular flexibility index (Phi) is 7.28. The van der Waals surface area contributed by atoms with Gasteiger partial charge in [0.2, 0.25) is 0 Å². The number of ether oxygens (including phenoxy) is 1. The van der Waals surface area contributed by atoms with E-state index in [-0.39, 0.29) is 23.7 Å². The fourth-order valence-corrected chi connectivity index (χ4v) is 4.76. The van der Waals surface area contributed by atoms with E-state index < -0.39 is 11.2 Å². The molecule has 202 valence electrons. The van der Waals surface area contributed by atoms with Gasteiger partial charge in [-0.15, -0.1) is 0 Å². The van der Waals surface area contributed by atoms with Crippen molar-refractivity contribution in [2.45, 2.75) is 39.0 Å². The van der Waals surface area contributed by atoms with Crippen molar-refractivity contribution in [3.05, 3.63) is 92.8 Å². The van der Waals surface area contributed by atoms with Gasteiger partial charge in [0, 0.05) is 28.8 Å². The highest BCUT2D eigenvalue weighted by molar-refractivity contribution is 9.10. The van der Waals surface area contributed by atoms with Crippen molar-refractivity contribution in [3.8, 4) is 17.1 Å². The summed E-state index contributed by atoms with van der Waals surface area (Å²) in [5.41, 5.74) is 2.97. The molecule has 1 saturated heterocycles. The van der Waals surface area contributed by atoms with E-state index in [9.17, 15) is 14.9 Å². The van der Waals surface area contributed by atoms with Crippen molar-refractivity contribution in [1.82, 2.24) is 14.7 Å². The Morgan fingerprint density at radius 2 is 1.95 bits per heavy atom. The Morgan fingerprint density at radius 1 is 1.18 bits per heavy atom. The number of hydrogen-bond donors (Lipinski definition) is 1. The van der Waals surface area contributed by atoms with Crippen LogP contribution in [-0.4, -0.2) is 44.2 Å². The normalized spacial score (nSPS) is 15.6. The van der Waals surface area contributed by atoms with Gasteiger partial charge in [-0.25, -0.2) is 4.68 Å². The van der Waals surface area contributed by atoms with Gasteiger partial charge < -0.3 is 19.4 Å². The molecule has 5 rings (SSSR count). The number of nitro groups is 1. The van der Waals surface area contributed by atoms with E-state index in [1.54, 1.807) is 34.0 Å². The maximum Gasteiger partial charge on any atom is 0.292 e. The third kappa shape index (κ3) is 5.89. The number of carbonyl (C=O) groups excluding carboxylic acids is 1. The molecular weight excluding hydrogens is 566 g/mol. The molecule has 0 saturated carbocycles. The highest BCUT2D eigenvalue weighted by Crippen LogP contribution is 2.36. The molecule has 10 nitrogen and oxygen atoms in total. The second-order valence-electron chi connectivity index (χ2n) is 10.3. The maximum absolute atomic E-state index is 12.9. The van der Waals surface area contributed by atoms with Gasteiger partial charge in [0.1, 0.15) is 18.0 Å². The first-order chi connectivity index (χ1) is 18.6. The highest BCUT2D eigenvalue weighted by atomic mass is 79.9. The molecule has 1 aliphatic rings. The van der Waals surface area contributed by atoms with E-state index in [0.717, 1.165) is 15.7 Å². The number of nitrogens with zero attached hydrogens (tertiary/aromatic N) is 4. The first-order valence-corrected chi connectivity index (χ1v) is 13.2. The summed E-state index contributed by atoms with van der Waals surface area (Å²) in [5.74, 6) is 0.392. The average molecular weight is 594 g/mol. The van der Waals surface area contributed by atoms with E-state index in [1.807, 2.05) is 63.4 Å². The lowest BCUT2D eigenvalue weighted by Crippen LogP contribution is -2.31. The minimum absolute atomic E-state index is 0.00106. The molecule has 0 spiro atoms. The minimum atomic E-state index is -0.682. The van der Waals surface area contributed by atoms with E-state index in [4.69, 9.17) is 14.3 Å². The monoisotopic (exact) mass is 593 g/mol. The van der Waals surface area contributed by atoms with Crippen LogP contribution in [-0.2, 0) is 16.0 Å². The molecule has 0 aliphatic carbocycles. The predicted molar refractivity (Wildman–Crippen MR) is 150 cm³/mol. The summed E-state index contributed by atoms with van der Waals surface area (Å²) in [6.07, 6.45) is 3.15. The van der Waals surface area contributed by atoms with Crippen LogP contribution >= 0.6 is 15.9 Å². The summed E-state index contributed by atoms with van der Waals surface area (Å²) in [4.78, 5) is 25.9. The quantitative estimate of drug-likeness (QED) is 0.193. The molecule has 2 aromatic heterocycles. The third-order valence-electron chi connectivity index (χ3n) is 6.23.